The fourth-order valence-corrected chi connectivity index (χ4v) is 2.63. The Hall–Kier alpha value is -3.68. The van der Waals surface area contributed by atoms with Gasteiger partial charge in [-0.15, -0.1) is 0 Å². The number of carbonyl (C=O) groups is 4. The molecule has 0 aromatic heterocycles. The van der Waals surface area contributed by atoms with E-state index in [9.17, 15) is 19.2 Å². The van der Waals surface area contributed by atoms with Crippen molar-refractivity contribution < 1.29 is 19.2 Å². The molecule has 1 saturated carbocycles. The van der Waals surface area contributed by atoms with E-state index < -0.39 is 29.7 Å². The summed E-state index contributed by atoms with van der Waals surface area (Å²) in [4.78, 5) is 48.6. The van der Waals surface area contributed by atoms with Gasteiger partial charge in [0.15, 0.2) is 0 Å². The zero-order valence-electron chi connectivity index (χ0n) is 15.7. The zero-order valence-corrected chi connectivity index (χ0v) is 15.7. The molecular weight excluding hydrogens is 372 g/mol. The van der Waals surface area contributed by atoms with Crippen LogP contribution in [0.4, 0.5) is 0 Å². The number of benzene rings is 2. The molecule has 4 amide bonds. The Morgan fingerprint density at radius 2 is 1.45 bits per heavy atom. The number of hydrazine groups is 1. The largest absolute Gasteiger partial charge is 0.345 e. The molecule has 2 aromatic rings. The highest BCUT2D eigenvalue weighted by molar-refractivity contribution is 6.35. The minimum atomic E-state index is -0.960. The highest BCUT2D eigenvalue weighted by atomic mass is 16.2. The first kappa shape index (κ1) is 20.1. The average Bonchev–Trinajstić information content (AvgIpc) is 3.56. The van der Waals surface area contributed by atoms with Gasteiger partial charge < -0.3 is 10.6 Å². The third-order valence-corrected chi connectivity index (χ3v) is 4.36. The van der Waals surface area contributed by atoms with Gasteiger partial charge in [-0.3, -0.25) is 30.0 Å². The SMILES string of the molecule is O=C(NNC(=O)[C@@H](Cc1ccccc1)NC(=O)c1ccccc1)C(=O)NC1CC1. The van der Waals surface area contributed by atoms with Crippen LogP contribution in [0.3, 0.4) is 0 Å². The normalized spacial score (nSPS) is 13.7. The molecule has 8 heteroatoms. The van der Waals surface area contributed by atoms with Crippen LogP contribution in [0.1, 0.15) is 28.8 Å². The van der Waals surface area contributed by atoms with E-state index in [1.165, 1.54) is 0 Å². The molecule has 0 spiro atoms. The van der Waals surface area contributed by atoms with Crippen LogP contribution in [0.2, 0.25) is 0 Å². The summed E-state index contributed by atoms with van der Waals surface area (Å²) in [5.41, 5.74) is 5.55. The van der Waals surface area contributed by atoms with E-state index in [0.717, 1.165) is 18.4 Å². The van der Waals surface area contributed by atoms with Crippen LogP contribution in [-0.4, -0.2) is 35.7 Å². The third-order valence-electron chi connectivity index (χ3n) is 4.36. The summed E-state index contributed by atoms with van der Waals surface area (Å²) >= 11 is 0. The lowest BCUT2D eigenvalue weighted by atomic mass is 10.0. The molecule has 8 nitrogen and oxygen atoms in total. The molecule has 150 valence electrons. The Bertz CT molecular complexity index is 882. The van der Waals surface area contributed by atoms with Crippen LogP contribution in [0.15, 0.2) is 60.7 Å². The second kappa shape index (κ2) is 9.50. The Morgan fingerprint density at radius 1 is 0.828 bits per heavy atom. The summed E-state index contributed by atoms with van der Waals surface area (Å²) in [7, 11) is 0. The number of hydrogen-bond acceptors (Lipinski definition) is 4. The second-order valence-electron chi connectivity index (χ2n) is 6.77. The maximum atomic E-state index is 12.6. The van der Waals surface area contributed by atoms with E-state index >= 15 is 0 Å². The Labute approximate surface area is 168 Å². The summed E-state index contributed by atoms with van der Waals surface area (Å²) in [5, 5.41) is 5.20. The number of carbonyl (C=O) groups excluding carboxylic acids is 4. The lowest BCUT2D eigenvalue weighted by molar-refractivity contribution is -0.141. The Morgan fingerprint density at radius 3 is 2.07 bits per heavy atom. The first-order chi connectivity index (χ1) is 14.0. The molecule has 1 fully saturated rings. The summed E-state index contributed by atoms with van der Waals surface area (Å²) < 4.78 is 0. The maximum absolute atomic E-state index is 12.6. The zero-order chi connectivity index (χ0) is 20.6. The van der Waals surface area contributed by atoms with Gasteiger partial charge >= 0.3 is 11.8 Å². The fourth-order valence-electron chi connectivity index (χ4n) is 2.63. The van der Waals surface area contributed by atoms with Crippen LogP contribution in [0.5, 0.6) is 0 Å². The van der Waals surface area contributed by atoms with Crippen LogP contribution in [0.25, 0.3) is 0 Å². The Balaban J connectivity index is 1.62. The van der Waals surface area contributed by atoms with Gasteiger partial charge in [0.2, 0.25) is 0 Å². The standard InChI is InChI=1S/C21H22N4O4/c26-18(15-9-5-2-6-10-15)23-17(13-14-7-3-1-4-8-14)19(27)24-25-21(29)20(28)22-16-11-12-16/h1-10,16-17H,11-13H2,(H,22,28)(H,23,26)(H,24,27)(H,25,29)/t17-/m1/s1. The summed E-state index contributed by atoms with van der Waals surface area (Å²) in [6.07, 6.45) is 1.90. The van der Waals surface area contributed by atoms with Gasteiger partial charge in [0.1, 0.15) is 6.04 Å². The molecule has 29 heavy (non-hydrogen) atoms. The minimum Gasteiger partial charge on any atom is -0.345 e. The molecule has 0 aliphatic heterocycles. The van der Waals surface area contributed by atoms with E-state index in [4.69, 9.17) is 0 Å². The van der Waals surface area contributed by atoms with E-state index in [1.807, 2.05) is 30.3 Å². The van der Waals surface area contributed by atoms with Gasteiger partial charge in [-0.1, -0.05) is 48.5 Å². The predicted molar refractivity (Wildman–Crippen MR) is 105 cm³/mol. The molecule has 0 heterocycles. The van der Waals surface area contributed by atoms with E-state index in [1.54, 1.807) is 30.3 Å². The third kappa shape index (κ3) is 6.17. The maximum Gasteiger partial charge on any atom is 0.327 e. The Kier molecular flexibility index (Phi) is 6.57. The number of hydrogen-bond donors (Lipinski definition) is 4. The smallest absolute Gasteiger partial charge is 0.327 e. The van der Waals surface area contributed by atoms with Gasteiger partial charge in [-0.2, -0.15) is 0 Å². The van der Waals surface area contributed by atoms with Crippen molar-refractivity contribution in [1.82, 2.24) is 21.5 Å². The fraction of sp³-hybridized carbons (Fsp3) is 0.238. The summed E-state index contributed by atoms with van der Waals surface area (Å²) in [6.45, 7) is 0. The topological polar surface area (TPSA) is 116 Å². The van der Waals surface area contributed by atoms with Crippen molar-refractivity contribution >= 4 is 23.6 Å². The molecule has 1 aliphatic rings. The molecule has 0 radical (unpaired) electrons. The highest BCUT2D eigenvalue weighted by Crippen LogP contribution is 2.18. The molecule has 2 aromatic carbocycles. The quantitative estimate of drug-likeness (QED) is 0.421. The molecule has 1 aliphatic carbocycles. The van der Waals surface area contributed by atoms with Gasteiger partial charge in [-0.05, 0) is 30.5 Å². The number of rotatable bonds is 6. The van der Waals surface area contributed by atoms with Gasteiger partial charge in [0, 0.05) is 18.0 Å². The molecular formula is C21H22N4O4. The van der Waals surface area contributed by atoms with Gasteiger partial charge in [0.25, 0.3) is 11.8 Å². The van der Waals surface area contributed by atoms with E-state index in [-0.39, 0.29) is 12.5 Å². The minimum absolute atomic E-state index is 0.0277. The summed E-state index contributed by atoms with van der Waals surface area (Å²) in [6, 6.07) is 16.7. The molecule has 0 saturated heterocycles. The summed E-state index contributed by atoms with van der Waals surface area (Å²) in [5.74, 6) is -2.82. The van der Waals surface area contributed by atoms with Crippen molar-refractivity contribution in [1.29, 1.82) is 0 Å². The number of amides is 4. The molecule has 0 unspecified atom stereocenters. The van der Waals surface area contributed by atoms with Crippen LogP contribution in [-0.2, 0) is 20.8 Å². The van der Waals surface area contributed by atoms with Crippen LogP contribution in [0, 0.1) is 0 Å². The monoisotopic (exact) mass is 394 g/mol. The van der Waals surface area contributed by atoms with E-state index in [2.05, 4.69) is 21.5 Å². The lowest BCUT2D eigenvalue weighted by Gasteiger charge is -2.19. The second-order valence-corrected chi connectivity index (χ2v) is 6.77. The molecule has 0 bridgehead atoms. The van der Waals surface area contributed by atoms with Gasteiger partial charge in [0.05, 0.1) is 0 Å². The van der Waals surface area contributed by atoms with Crippen LogP contribution < -0.4 is 21.5 Å². The van der Waals surface area contributed by atoms with Crippen molar-refractivity contribution in [3.05, 3.63) is 71.8 Å². The van der Waals surface area contributed by atoms with Gasteiger partial charge in [-0.25, -0.2) is 0 Å². The van der Waals surface area contributed by atoms with Crippen molar-refractivity contribution in [3.8, 4) is 0 Å². The van der Waals surface area contributed by atoms with Crippen LogP contribution >= 0.6 is 0 Å². The average molecular weight is 394 g/mol. The first-order valence-corrected chi connectivity index (χ1v) is 9.33. The van der Waals surface area contributed by atoms with Crippen molar-refractivity contribution in [2.75, 3.05) is 0 Å². The van der Waals surface area contributed by atoms with Crippen molar-refractivity contribution in [2.24, 2.45) is 0 Å². The van der Waals surface area contributed by atoms with E-state index in [0.29, 0.717) is 5.56 Å². The van der Waals surface area contributed by atoms with Crippen molar-refractivity contribution in [2.45, 2.75) is 31.3 Å². The molecule has 1 atom stereocenters. The van der Waals surface area contributed by atoms with Crippen molar-refractivity contribution in [3.63, 3.8) is 0 Å². The molecule has 4 N–H and O–H groups in total. The number of nitrogens with one attached hydrogen (secondary N) is 4. The lowest BCUT2D eigenvalue weighted by Crippen LogP contribution is -2.55. The molecule has 3 rings (SSSR count). The predicted octanol–water partition coefficient (Wildman–Crippen LogP) is 0.454. The highest BCUT2D eigenvalue weighted by Gasteiger charge is 2.27. The first-order valence-electron chi connectivity index (χ1n) is 9.33.